The number of anilines is 6. The molecule has 0 aliphatic heterocycles. The van der Waals surface area contributed by atoms with Crippen molar-refractivity contribution in [2.75, 3.05) is 9.80 Å². The Labute approximate surface area is 421 Å². The summed E-state index contributed by atoms with van der Waals surface area (Å²) in [5.41, 5.74) is 17.5. The number of nitrogens with zero attached hydrogens (tertiary/aromatic N) is 2. The molecule has 338 valence electrons. The molecule has 0 aromatic heterocycles. The van der Waals surface area contributed by atoms with Crippen molar-refractivity contribution in [3.63, 3.8) is 0 Å². The van der Waals surface area contributed by atoms with E-state index in [9.17, 15) is 0 Å². The molecule has 0 saturated carbocycles. The molecule has 0 N–H and O–H groups in total. The van der Waals surface area contributed by atoms with Gasteiger partial charge in [-0.15, -0.1) is 0 Å². The first kappa shape index (κ1) is 41.7. The highest BCUT2D eigenvalue weighted by molar-refractivity contribution is 6.14. The molecule has 0 amide bonds. The number of hydrogen-bond donors (Lipinski definition) is 0. The van der Waals surface area contributed by atoms with Gasteiger partial charge in [-0.25, -0.2) is 0 Å². The van der Waals surface area contributed by atoms with Crippen LogP contribution in [0.4, 0.5) is 34.1 Å². The van der Waals surface area contributed by atoms with Crippen molar-refractivity contribution in [3.8, 4) is 22.3 Å². The summed E-state index contributed by atoms with van der Waals surface area (Å²) in [6.45, 7) is 0. The van der Waals surface area contributed by atoms with Crippen molar-refractivity contribution in [1.29, 1.82) is 0 Å². The average molecular weight is 917 g/mol. The van der Waals surface area contributed by atoms with E-state index in [0.717, 1.165) is 34.1 Å². The minimum atomic E-state index is -0.856. The lowest BCUT2D eigenvalue weighted by Crippen LogP contribution is -2.50. The van der Waals surface area contributed by atoms with Crippen LogP contribution >= 0.6 is 0 Å². The van der Waals surface area contributed by atoms with E-state index in [2.05, 4.69) is 301 Å². The van der Waals surface area contributed by atoms with Gasteiger partial charge < -0.3 is 9.80 Å². The van der Waals surface area contributed by atoms with E-state index in [4.69, 9.17) is 0 Å². The predicted octanol–water partition coefficient (Wildman–Crippen LogP) is 18.3. The van der Waals surface area contributed by atoms with Crippen molar-refractivity contribution in [3.05, 3.63) is 325 Å². The number of hydrogen-bond acceptors (Lipinski definition) is 2. The van der Waals surface area contributed by atoms with Crippen molar-refractivity contribution in [2.24, 2.45) is 0 Å². The molecule has 0 heterocycles. The van der Waals surface area contributed by atoms with Gasteiger partial charge in [0.15, 0.2) is 0 Å². The van der Waals surface area contributed by atoms with E-state index in [1.54, 1.807) is 0 Å². The highest BCUT2D eigenvalue weighted by atomic mass is 15.1. The molecule has 2 unspecified atom stereocenters. The van der Waals surface area contributed by atoms with Gasteiger partial charge in [0.05, 0.1) is 22.2 Å². The Balaban J connectivity index is 1.22. The Hall–Kier alpha value is -9.24. The second-order valence-corrected chi connectivity index (χ2v) is 19.1. The first-order valence-corrected chi connectivity index (χ1v) is 25.0. The first-order chi connectivity index (χ1) is 35.8. The zero-order chi connectivity index (χ0) is 47.6. The lowest BCUT2D eigenvalue weighted by Gasteiger charge is -2.51. The monoisotopic (exact) mass is 916 g/mol. The van der Waals surface area contributed by atoms with Crippen LogP contribution in [0.15, 0.2) is 291 Å². The van der Waals surface area contributed by atoms with Gasteiger partial charge in [0.2, 0.25) is 0 Å². The first-order valence-electron chi connectivity index (χ1n) is 25.0. The summed E-state index contributed by atoms with van der Waals surface area (Å²) in [7, 11) is 0. The normalized spacial score (nSPS) is 16.2. The molecule has 0 fully saturated rings. The third kappa shape index (κ3) is 5.90. The van der Waals surface area contributed by atoms with Gasteiger partial charge in [0.25, 0.3) is 0 Å². The molecule has 2 aliphatic carbocycles. The van der Waals surface area contributed by atoms with Gasteiger partial charge in [-0.2, -0.15) is 0 Å². The van der Waals surface area contributed by atoms with Gasteiger partial charge in [-0.1, -0.05) is 231 Å². The Kier molecular flexibility index (Phi) is 9.69. The molecular weight excluding hydrogens is 869 g/mol. The van der Waals surface area contributed by atoms with Crippen LogP contribution in [0.5, 0.6) is 0 Å². The fourth-order valence-corrected chi connectivity index (χ4v) is 13.0. The molecule has 12 aromatic carbocycles. The van der Waals surface area contributed by atoms with Gasteiger partial charge in [-0.05, 0) is 127 Å². The molecule has 0 radical (unpaired) electrons. The summed E-state index contributed by atoms with van der Waals surface area (Å²) in [5, 5.41) is 4.83. The van der Waals surface area contributed by atoms with Crippen LogP contribution < -0.4 is 9.80 Å². The van der Waals surface area contributed by atoms with E-state index in [0.29, 0.717) is 0 Å². The Morgan fingerprint density at radius 3 is 0.819 bits per heavy atom. The van der Waals surface area contributed by atoms with Crippen LogP contribution in [0, 0.1) is 0 Å². The quantitative estimate of drug-likeness (QED) is 0.142. The third-order valence-corrected chi connectivity index (χ3v) is 15.6. The standard InChI is InChI=1S/C70H48N2/c1-7-27-49(28-8-1)69(61-45-25-23-43-59(61)67-57-41-21-19-39-55(57)65(47-63(67)69)71(51-31-11-3-12-32-51)52-33-13-4-14-34-52)70(50-29-9-2-10-30-50)62-46-26-24-44-60(62)68-58-42-22-20-40-56(58)66(48-64(68)70)72(53-35-15-5-16-36-53)54-37-17-6-18-38-54/h1-48H. The van der Waals surface area contributed by atoms with Crippen molar-refractivity contribution >= 4 is 55.7 Å². The lowest BCUT2D eigenvalue weighted by molar-refractivity contribution is 0.438. The molecule has 14 rings (SSSR count). The lowest BCUT2D eigenvalue weighted by atomic mass is 9.49. The smallest absolute Gasteiger partial charge is 0.0642 e. The van der Waals surface area contributed by atoms with E-state index < -0.39 is 10.8 Å². The van der Waals surface area contributed by atoms with Gasteiger partial charge in [-0.3, -0.25) is 0 Å². The van der Waals surface area contributed by atoms with Crippen LogP contribution in [0.3, 0.4) is 0 Å². The van der Waals surface area contributed by atoms with Crippen LogP contribution in [-0.4, -0.2) is 0 Å². The Morgan fingerprint density at radius 1 is 0.222 bits per heavy atom. The number of para-hydroxylation sites is 4. The maximum atomic E-state index is 2.58. The maximum absolute atomic E-state index is 2.58. The minimum absolute atomic E-state index is 0.856. The largest absolute Gasteiger partial charge is 0.310 e. The van der Waals surface area contributed by atoms with Crippen LogP contribution in [0.1, 0.15) is 33.4 Å². The zero-order valence-corrected chi connectivity index (χ0v) is 39.6. The second-order valence-electron chi connectivity index (χ2n) is 19.1. The molecule has 72 heavy (non-hydrogen) atoms. The summed E-state index contributed by atoms with van der Waals surface area (Å²) >= 11 is 0. The van der Waals surface area contributed by atoms with Gasteiger partial charge in [0.1, 0.15) is 0 Å². The Morgan fingerprint density at radius 2 is 0.486 bits per heavy atom. The second kappa shape index (κ2) is 16.7. The number of rotatable bonds is 9. The van der Waals surface area contributed by atoms with Crippen LogP contribution in [-0.2, 0) is 10.8 Å². The molecule has 12 aromatic rings. The van der Waals surface area contributed by atoms with Crippen molar-refractivity contribution < 1.29 is 0 Å². The zero-order valence-electron chi connectivity index (χ0n) is 39.6. The van der Waals surface area contributed by atoms with Gasteiger partial charge >= 0.3 is 0 Å². The predicted molar refractivity (Wildman–Crippen MR) is 301 cm³/mol. The number of benzene rings is 12. The topological polar surface area (TPSA) is 6.48 Å². The summed E-state index contributed by atoms with van der Waals surface area (Å²) in [6.07, 6.45) is 0. The molecule has 2 aliphatic rings. The van der Waals surface area contributed by atoms with E-state index >= 15 is 0 Å². The molecule has 0 saturated heterocycles. The molecule has 2 heteroatoms. The highest BCUT2D eigenvalue weighted by Crippen LogP contribution is 2.72. The highest BCUT2D eigenvalue weighted by Gasteiger charge is 2.65. The van der Waals surface area contributed by atoms with Crippen LogP contribution in [0.25, 0.3) is 43.8 Å². The molecule has 2 atom stereocenters. The molecular formula is C70H48N2. The molecule has 2 nitrogen and oxygen atoms in total. The maximum Gasteiger partial charge on any atom is 0.0642 e. The molecule has 0 bridgehead atoms. The summed E-state index contributed by atoms with van der Waals surface area (Å²) < 4.78 is 0. The minimum Gasteiger partial charge on any atom is -0.310 e. The average Bonchev–Trinajstić information content (AvgIpc) is 3.95. The third-order valence-electron chi connectivity index (χ3n) is 15.6. The van der Waals surface area contributed by atoms with Crippen LogP contribution in [0.2, 0.25) is 0 Å². The summed E-state index contributed by atoms with van der Waals surface area (Å²) in [5.74, 6) is 0. The fraction of sp³-hybridized carbons (Fsp3) is 0.0286. The Bertz CT molecular complexity index is 3630. The van der Waals surface area contributed by atoms with Crippen molar-refractivity contribution in [2.45, 2.75) is 10.8 Å². The summed E-state index contributed by atoms with van der Waals surface area (Å²) in [4.78, 5) is 4.94. The molecule has 0 spiro atoms. The van der Waals surface area contributed by atoms with Crippen molar-refractivity contribution in [1.82, 2.24) is 0 Å². The van der Waals surface area contributed by atoms with E-state index in [1.807, 2.05) is 0 Å². The van der Waals surface area contributed by atoms with E-state index in [-0.39, 0.29) is 0 Å². The fourth-order valence-electron chi connectivity index (χ4n) is 13.0. The summed E-state index contributed by atoms with van der Waals surface area (Å²) in [6, 6.07) is 109. The SMILES string of the molecule is c1ccc(N(c2ccccc2)c2cc3c(c4ccccc24)-c2ccccc2C3(c2ccccc2)C2(c3ccccc3)c3ccccc3-c3c2cc(N(c2ccccc2)c2ccccc2)c2ccccc32)cc1. The number of fused-ring (bicyclic) bond motifs is 10. The van der Waals surface area contributed by atoms with E-state index in [1.165, 1.54) is 77.2 Å². The van der Waals surface area contributed by atoms with Gasteiger partial charge in [0, 0.05) is 33.5 Å².